The molecule has 0 unspecified atom stereocenters. The Kier molecular flexibility index (Phi) is 10.5. The molecule has 0 aromatic heterocycles. The molecule has 20 heavy (non-hydrogen) atoms. The Labute approximate surface area is 123 Å². The van der Waals surface area contributed by atoms with Crippen LogP contribution in [0.15, 0.2) is 0 Å². The van der Waals surface area contributed by atoms with Crippen LogP contribution in [0.2, 0.25) is 0 Å². The summed E-state index contributed by atoms with van der Waals surface area (Å²) in [4.78, 5) is 34.3. The van der Waals surface area contributed by atoms with Gasteiger partial charge in [0.2, 0.25) is 11.8 Å². The van der Waals surface area contributed by atoms with Crippen LogP contribution in [0.25, 0.3) is 0 Å². The molecular formula is C13H21N3O3S. The monoisotopic (exact) mass is 299 g/mol. The zero-order valence-corrected chi connectivity index (χ0v) is 12.4. The Morgan fingerprint density at radius 2 is 2.05 bits per heavy atom. The third kappa shape index (κ3) is 9.42. The molecule has 0 aromatic rings. The van der Waals surface area contributed by atoms with Crippen molar-refractivity contribution in [1.29, 1.82) is 0 Å². The van der Waals surface area contributed by atoms with E-state index in [4.69, 9.17) is 12.2 Å². The van der Waals surface area contributed by atoms with Crippen LogP contribution in [-0.2, 0) is 14.4 Å². The van der Waals surface area contributed by atoms with Crippen molar-refractivity contribution >= 4 is 28.7 Å². The quantitative estimate of drug-likeness (QED) is 0.398. The predicted molar refractivity (Wildman–Crippen MR) is 79.8 cm³/mol. The van der Waals surface area contributed by atoms with Gasteiger partial charge in [0.05, 0.1) is 12.3 Å². The van der Waals surface area contributed by atoms with Crippen LogP contribution < -0.4 is 16.4 Å². The molecule has 0 heterocycles. The molecule has 0 bridgehead atoms. The maximum absolute atomic E-state index is 11.8. The van der Waals surface area contributed by atoms with E-state index in [0.29, 0.717) is 13.0 Å². The second-order valence-electron chi connectivity index (χ2n) is 4.11. The van der Waals surface area contributed by atoms with E-state index in [9.17, 15) is 14.4 Å². The van der Waals surface area contributed by atoms with Gasteiger partial charge < -0.3 is 16.4 Å². The largest absolute Gasteiger partial charge is 0.344 e. The van der Waals surface area contributed by atoms with Gasteiger partial charge >= 0.3 is 0 Å². The summed E-state index contributed by atoms with van der Waals surface area (Å²) in [5.74, 6) is 1.64. The lowest BCUT2D eigenvalue weighted by molar-refractivity contribution is -0.127. The lowest BCUT2D eigenvalue weighted by Gasteiger charge is -2.17. The molecular weight excluding hydrogens is 278 g/mol. The minimum Gasteiger partial charge on any atom is -0.344 e. The van der Waals surface area contributed by atoms with Crippen LogP contribution in [0, 0.1) is 12.3 Å². The number of rotatable bonds is 9. The van der Waals surface area contributed by atoms with E-state index in [2.05, 4.69) is 16.6 Å². The Morgan fingerprint density at radius 1 is 1.35 bits per heavy atom. The van der Waals surface area contributed by atoms with Crippen molar-refractivity contribution in [3.8, 4) is 12.3 Å². The molecule has 112 valence electrons. The van der Waals surface area contributed by atoms with Gasteiger partial charge in [-0.05, 0) is 25.8 Å². The summed E-state index contributed by atoms with van der Waals surface area (Å²) in [6.07, 6.45) is 7.06. The van der Waals surface area contributed by atoms with Crippen LogP contribution >= 0.6 is 11.8 Å². The van der Waals surface area contributed by atoms with Gasteiger partial charge in [0, 0.05) is 6.92 Å². The SMILES string of the molecule is C#CCNC(=O)[C@@H](CCCCN)NC(=O)CSC(C)=O. The topological polar surface area (TPSA) is 101 Å². The summed E-state index contributed by atoms with van der Waals surface area (Å²) in [6.45, 7) is 2.04. The van der Waals surface area contributed by atoms with Crippen molar-refractivity contribution in [2.45, 2.75) is 32.2 Å². The third-order valence-electron chi connectivity index (χ3n) is 2.37. The summed E-state index contributed by atoms with van der Waals surface area (Å²) < 4.78 is 0. The molecule has 0 aromatic carbocycles. The Balaban J connectivity index is 4.35. The van der Waals surface area contributed by atoms with E-state index in [-0.39, 0.29) is 29.2 Å². The second-order valence-corrected chi connectivity index (χ2v) is 5.26. The molecule has 6 nitrogen and oxygen atoms in total. The number of thioether (sulfide) groups is 1. The first-order valence-corrected chi connectivity index (χ1v) is 7.33. The fourth-order valence-corrected chi connectivity index (χ4v) is 1.84. The molecule has 4 N–H and O–H groups in total. The van der Waals surface area contributed by atoms with E-state index in [1.165, 1.54) is 6.92 Å². The molecule has 0 spiro atoms. The standard InChI is InChI=1S/C13H21N3O3S/c1-3-8-15-13(19)11(6-4-5-7-14)16-12(18)9-20-10(2)17/h1,11H,4-9,14H2,2H3,(H,15,19)(H,16,18)/t11-/m1/s1. The molecule has 0 aliphatic rings. The van der Waals surface area contributed by atoms with Gasteiger partial charge in [-0.15, -0.1) is 6.42 Å². The predicted octanol–water partition coefficient (Wildman–Crippen LogP) is -0.371. The Hall–Kier alpha value is -1.52. The molecule has 0 rings (SSSR count). The van der Waals surface area contributed by atoms with Crippen molar-refractivity contribution < 1.29 is 14.4 Å². The summed E-state index contributed by atoms with van der Waals surface area (Å²) in [5, 5.41) is 5.00. The van der Waals surface area contributed by atoms with Gasteiger partial charge in [0.1, 0.15) is 6.04 Å². The van der Waals surface area contributed by atoms with E-state index in [1.54, 1.807) is 0 Å². The van der Waals surface area contributed by atoms with Crippen molar-refractivity contribution in [2.24, 2.45) is 5.73 Å². The van der Waals surface area contributed by atoms with E-state index in [0.717, 1.165) is 24.6 Å². The van der Waals surface area contributed by atoms with E-state index in [1.807, 2.05) is 0 Å². The fourth-order valence-electron chi connectivity index (χ4n) is 1.43. The number of carbonyl (C=O) groups is 3. The first-order chi connectivity index (χ1) is 9.51. The number of carbonyl (C=O) groups excluding carboxylic acids is 3. The molecule has 0 aliphatic carbocycles. The van der Waals surface area contributed by atoms with E-state index < -0.39 is 6.04 Å². The zero-order chi connectivity index (χ0) is 15.4. The molecule has 2 amide bonds. The number of unbranched alkanes of at least 4 members (excludes halogenated alkanes) is 1. The summed E-state index contributed by atoms with van der Waals surface area (Å²) in [5.41, 5.74) is 5.40. The first-order valence-electron chi connectivity index (χ1n) is 6.35. The average Bonchev–Trinajstić information content (AvgIpc) is 2.41. The highest BCUT2D eigenvalue weighted by Crippen LogP contribution is 2.04. The maximum Gasteiger partial charge on any atom is 0.243 e. The molecule has 1 atom stereocenters. The van der Waals surface area contributed by atoms with Crippen molar-refractivity contribution in [3.63, 3.8) is 0 Å². The molecule has 7 heteroatoms. The highest BCUT2D eigenvalue weighted by atomic mass is 32.2. The lowest BCUT2D eigenvalue weighted by atomic mass is 10.1. The highest BCUT2D eigenvalue weighted by Gasteiger charge is 2.19. The van der Waals surface area contributed by atoms with Crippen LogP contribution in [0.1, 0.15) is 26.2 Å². The van der Waals surface area contributed by atoms with Crippen LogP contribution in [0.5, 0.6) is 0 Å². The number of hydrogen-bond donors (Lipinski definition) is 3. The highest BCUT2D eigenvalue weighted by molar-refractivity contribution is 8.14. The Morgan fingerprint density at radius 3 is 2.60 bits per heavy atom. The second kappa shape index (κ2) is 11.3. The smallest absolute Gasteiger partial charge is 0.243 e. The number of nitrogens with one attached hydrogen (secondary N) is 2. The molecule has 0 aliphatic heterocycles. The zero-order valence-electron chi connectivity index (χ0n) is 11.6. The summed E-state index contributed by atoms with van der Waals surface area (Å²) >= 11 is 0.904. The lowest BCUT2D eigenvalue weighted by Crippen LogP contribution is -2.47. The number of hydrogen-bond acceptors (Lipinski definition) is 5. The minimum absolute atomic E-state index is 0.00510. The molecule has 0 radical (unpaired) electrons. The maximum atomic E-state index is 11.8. The van der Waals surface area contributed by atoms with Gasteiger partial charge in [0.15, 0.2) is 5.12 Å². The van der Waals surface area contributed by atoms with Crippen molar-refractivity contribution in [2.75, 3.05) is 18.8 Å². The van der Waals surface area contributed by atoms with Gasteiger partial charge in [-0.3, -0.25) is 14.4 Å². The van der Waals surface area contributed by atoms with Gasteiger partial charge in [0.25, 0.3) is 0 Å². The average molecular weight is 299 g/mol. The number of amides is 2. The van der Waals surface area contributed by atoms with Gasteiger partial charge in [-0.25, -0.2) is 0 Å². The summed E-state index contributed by atoms with van der Waals surface area (Å²) in [6, 6.07) is -0.644. The molecule has 0 fully saturated rings. The fraction of sp³-hybridized carbons (Fsp3) is 0.615. The normalized spacial score (nSPS) is 11.2. The molecule has 0 saturated carbocycles. The third-order valence-corrected chi connectivity index (χ3v) is 3.18. The first kappa shape index (κ1) is 18.5. The van der Waals surface area contributed by atoms with Crippen molar-refractivity contribution in [1.82, 2.24) is 10.6 Å². The summed E-state index contributed by atoms with van der Waals surface area (Å²) in [7, 11) is 0. The number of nitrogens with two attached hydrogens (primary N) is 1. The molecule has 0 saturated heterocycles. The Bertz CT molecular complexity index is 380. The number of terminal acetylenes is 1. The van der Waals surface area contributed by atoms with Gasteiger partial charge in [-0.2, -0.15) is 0 Å². The van der Waals surface area contributed by atoms with Crippen LogP contribution in [0.3, 0.4) is 0 Å². The van der Waals surface area contributed by atoms with Crippen LogP contribution in [0.4, 0.5) is 0 Å². The van der Waals surface area contributed by atoms with E-state index >= 15 is 0 Å². The minimum atomic E-state index is -0.644. The van der Waals surface area contributed by atoms with Crippen LogP contribution in [-0.4, -0.2) is 41.8 Å². The van der Waals surface area contributed by atoms with Crippen molar-refractivity contribution in [3.05, 3.63) is 0 Å². The van der Waals surface area contributed by atoms with Gasteiger partial charge in [-0.1, -0.05) is 17.7 Å².